The average molecular weight is 297 g/mol. The Hall–Kier alpha value is -1.36. The Bertz CT molecular complexity index is 479. The predicted octanol–water partition coefficient (Wildman–Crippen LogP) is 3.10. The number of aryl methyl sites for hydroxylation is 2. The van der Waals surface area contributed by atoms with Crippen LogP contribution in [0.1, 0.15) is 47.3 Å². The van der Waals surface area contributed by atoms with E-state index in [1.807, 2.05) is 26.8 Å². The molecule has 0 radical (unpaired) electrons. The number of aliphatic carboxylic acids is 1. The highest BCUT2D eigenvalue weighted by Gasteiger charge is 2.20. The first kappa shape index (κ1) is 16.7. The van der Waals surface area contributed by atoms with Gasteiger partial charge in [0.1, 0.15) is 0 Å². The smallest absolute Gasteiger partial charge is 0.308 e. The van der Waals surface area contributed by atoms with E-state index in [-0.39, 0.29) is 12.5 Å². The minimum absolute atomic E-state index is 0.173. The molecule has 0 aliphatic heterocycles. The van der Waals surface area contributed by atoms with Crippen molar-refractivity contribution in [3.05, 3.63) is 21.4 Å². The molecule has 0 saturated carbocycles. The van der Waals surface area contributed by atoms with Crippen molar-refractivity contribution in [2.75, 3.05) is 6.54 Å². The van der Waals surface area contributed by atoms with Crippen LogP contribution in [0.3, 0.4) is 0 Å². The number of carboxylic acids is 1. The van der Waals surface area contributed by atoms with E-state index in [0.717, 1.165) is 12.0 Å². The molecule has 1 unspecified atom stereocenters. The number of rotatable bonds is 7. The van der Waals surface area contributed by atoms with Crippen molar-refractivity contribution >= 4 is 23.2 Å². The number of carbonyl (C=O) groups excluding carboxylic acids is 1. The molecule has 2 N–H and O–H groups in total. The SMILES string of the molecule is CCc1sc(C(=O)NCC(CC(C)C)C(=O)O)cc1C. The van der Waals surface area contributed by atoms with Gasteiger partial charge in [0.15, 0.2) is 0 Å². The second kappa shape index (κ2) is 7.43. The van der Waals surface area contributed by atoms with Gasteiger partial charge in [-0.1, -0.05) is 20.8 Å². The number of thiophene rings is 1. The van der Waals surface area contributed by atoms with Crippen LogP contribution in [0.2, 0.25) is 0 Å². The lowest BCUT2D eigenvalue weighted by Gasteiger charge is -2.15. The summed E-state index contributed by atoms with van der Waals surface area (Å²) in [5.41, 5.74) is 1.12. The van der Waals surface area contributed by atoms with Gasteiger partial charge in [-0.15, -0.1) is 11.3 Å². The average Bonchev–Trinajstić information content (AvgIpc) is 2.74. The van der Waals surface area contributed by atoms with Crippen LogP contribution in [0.25, 0.3) is 0 Å². The van der Waals surface area contributed by atoms with E-state index >= 15 is 0 Å². The topological polar surface area (TPSA) is 66.4 Å². The van der Waals surface area contributed by atoms with Crippen LogP contribution in [-0.2, 0) is 11.2 Å². The minimum Gasteiger partial charge on any atom is -0.481 e. The van der Waals surface area contributed by atoms with Gasteiger partial charge < -0.3 is 10.4 Å². The first-order valence-electron chi connectivity index (χ1n) is 6.95. The van der Waals surface area contributed by atoms with Gasteiger partial charge in [-0.05, 0) is 37.3 Å². The molecule has 0 saturated heterocycles. The van der Waals surface area contributed by atoms with E-state index in [0.29, 0.717) is 17.2 Å². The Morgan fingerprint density at radius 3 is 2.50 bits per heavy atom. The maximum absolute atomic E-state index is 12.0. The zero-order valence-corrected chi connectivity index (χ0v) is 13.3. The largest absolute Gasteiger partial charge is 0.481 e. The fraction of sp³-hybridized carbons (Fsp3) is 0.600. The molecule has 0 aliphatic carbocycles. The molecule has 1 amide bonds. The summed E-state index contributed by atoms with van der Waals surface area (Å²) < 4.78 is 0. The third-order valence-corrected chi connectivity index (χ3v) is 4.56. The van der Waals surface area contributed by atoms with Crippen molar-refractivity contribution in [3.63, 3.8) is 0 Å². The Morgan fingerprint density at radius 1 is 1.40 bits per heavy atom. The van der Waals surface area contributed by atoms with Crippen molar-refractivity contribution in [3.8, 4) is 0 Å². The molecule has 1 heterocycles. The molecule has 0 aromatic carbocycles. The summed E-state index contributed by atoms with van der Waals surface area (Å²) in [6, 6.07) is 1.87. The summed E-state index contributed by atoms with van der Waals surface area (Å²) >= 11 is 1.48. The van der Waals surface area contributed by atoms with Crippen molar-refractivity contribution in [2.45, 2.75) is 40.5 Å². The molecule has 4 nitrogen and oxygen atoms in total. The summed E-state index contributed by atoms with van der Waals surface area (Å²) in [7, 11) is 0. The fourth-order valence-corrected chi connectivity index (χ4v) is 3.16. The number of hydrogen-bond acceptors (Lipinski definition) is 3. The summed E-state index contributed by atoms with van der Waals surface area (Å²) in [5, 5.41) is 11.9. The van der Waals surface area contributed by atoms with Gasteiger partial charge >= 0.3 is 5.97 Å². The summed E-state index contributed by atoms with van der Waals surface area (Å²) in [4.78, 5) is 25.0. The standard InChI is InChI=1S/C15H23NO3S/c1-5-12-10(4)7-13(20-12)14(17)16-8-11(15(18)19)6-9(2)3/h7,9,11H,5-6,8H2,1-4H3,(H,16,17)(H,18,19). The van der Waals surface area contributed by atoms with E-state index in [1.54, 1.807) is 0 Å². The molecule has 0 bridgehead atoms. The second-order valence-corrected chi connectivity index (χ2v) is 6.58. The Labute approximate surface area is 124 Å². The van der Waals surface area contributed by atoms with Gasteiger partial charge in [-0.25, -0.2) is 0 Å². The van der Waals surface area contributed by atoms with E-state index in [1.165, 1.54) is 16.2 Å². The molecular formula is C15H23NO3S. The quantitative estimate of drug-likeness (QED) is 0.812. The fourth-order valence-electron chi connectivity index (χ4n) is 2.13. The number of hydrogen-bond donors (Lipinski definition) is 2. The molecule has 0 spiro atoms. The lowest BCUT2D eigenvalue weighted by Crippen LogP contribution is -2.33. The Morgan fingerprint density at radius 2 is 2.05 bits per heavy atom. The normalized spacial score (nSPS) is 12.4. The Kier molecular flexibility index (Phi) is 6.20. The maximum Gasteiger partial charge on any atom is 0.308 e. The lowest BCUT2D eigenvalue weighted by atomic mass is 9.97. The van der Waals surface area contributed by atoms with Crippen LogP contribution < -0.4 is 5.32 Å². The number of amides is 1. The number of carboxylic acid groups (broad SMARTS) is 1. The maximum atomic E-state index is 12.0. The third kappa shape index (κ3) is 4.63. The van der Waals surface area contributed by atoms with Crippen LogP contribution in [-0.4, -0.2) is 23.5 Å². The van der Waals surface area contributed by atoms with Crippen LogP contribution in [0.4, 0.5) is 0 Å². The first-order valence-corrected chi connectivity index (χ1v) is 7.77. The molecule has 0 fully saturated rings. The van der Waals surface area contributed by atoms with Crippen LogP contribution >= 0.6 is 11.3 Å². The zero-order chi connectivity index (χ0) is 15.3. The van der Waals surface area contributed by atoms with Crippen LogP contribution in [0.15, 0.2) is 6.07 Å². The molecule has 1 aromatic heterocycles. The molecule has 20 heavy (non-hydrogen) atoms. The minimum atomic E-state index is -0.851. The molecule has 1 atom stereocenters. The van der Waals surface area contributed by atoms with Gasteiger partial charge in [0.2, 0.25) is 0 Å². The third-order valence-electron chi connectivity index (χ3n) is 3.18. The van der Waals surface area contributed by atoms with Gasteiger partial charge in [0, 0.05) is 11.4 Å². The molecule has 0 aliphatic rings. The number of nitrogens with one attached hydrogen (secondary N) is 1. The predicted molar refractivity (Wildman–Crippen MR) is 81.3 cm³/mol. The second-order valence-electron chi connectivity index (χ2n) is 5.45. The van der Waals surface area contributed by atoms with Crippen molar-refractivity contribution in [1.29, 1.82) is 0 Å². The molecule has 1 rings (SSSR count). The van der Waals surface area contributed by atoms with Crippen molar-refractivity contribution < 1.29 is 14.7 Å². The zero-order valence-electron chi connectivity index (χ0n) is 12.5. The molecule has 1 aromatic rings. The van der Waals surface area contributed by atoms with Gasteiger partial charge in [-0.2, -0.15) is 0 Å². The van der Waals surface area contributed by atoms with Gasteiger partial charge in [-0.3, -0.25) is 9.59 Å². The Balaban J connectivity index is 2.62. The van der Waals surface area contributed by atoms with E-state index < -0.39 is 11.9 Å². The first-order chi connectivity index (χ1) is 9.35. The van der Waals surface area contributed by atoms with Crippen LogP contribution in [0, 0.1) is 18.8 Å². The van der Waals surface area contributed by atoms with Gasteiger partial charge in [0.25, 0.3) is 5.91 Å². The van der Waals surface area contributed by atoms with E-state index in [9.17, 15) is 9.59 Å². The summed E-state index contributed by atoms with van der Waals surface area (Å²) in [6.45, 7) is 8.20. The van der Waals surface area contributed by atoms with Gasteiger partial charge in [0.05, 0.1) is 10.8 Å². The number of carbonyl (C=O) groups is 2. The highest BCUT2D eigenvalue weighted by atomic mass is 32.1. The summed E-state index contributed by atoms with van der Waals surface area (Å²) in [5.74, 6) is -1.25. The molecule has 5 heteroatoms. The molecular weight excluding hydrogens is 274 g/mol. The summed E-state index contributed by atoms with van der Waals surface area (Å²) in [6.07, 6.45) is 1.48. The van der Waals surface area contributed by atoms with E-state index in [4.69, 9.17) is 5.11 Å². The van der Waals surface area contributed by atoms with Crippen molar-refractivity contribution in [2.24, 2.45) is 11.8 Å². The lowest BCUT2D eigenvalue weighted by molar-refractivity contribution is -0.142. The van der Waals surface area contributed by atoms with E-state index in [2.05, 4.69) is 12.2 Å². The van der Waals surface area contributed by atoms with Crippen molar-refractivity contribution in [1.82, 2.24) is 5.32 Å². The monoisotopic (exact) mass is 297 g/mol. The molecule has 112 valence electrons. The van der Waals surface area contributed by atoms with Crippen LogP contribution in [0.5, 0.6) is 0 Å². The highest BCUT2D eigenvalue weighted by molar-refractivity contribution is 7.14. The highest BCUT2D eigenvalue weighted by Crippen LogP contribution is 2.22.